The van der Waals surface area contributed by atoms with Gasteiger partial charge in [0.15, 0.2) is 47.1 Å². The van der Waals surface area contributed by atoms with Gasteiger partial charge in [0.05, 0.1) is 33.9 Å². The monoisotopic (exact) mass is 758 g/mol. The second-order valence-corrected chi connectivity index (χ2v) is 14.0. The van der Waals surface area contributed by atoms with Gasteiger partial charge in [-0.25, -0.2) is 0 Å². The van der Waals surface area contributed by atoms with Crippen molar-refractivity contribution in [3.8, 4) is 34.5 Å². The molecule has 14 nitrogen and oxygen atoms in total. The van der Waals surface area contributed by atoms with Crippen molar-refractivity contribution in [1.29, 1.82) is 0 Å². The van der Waals surface area contributed by atoms with E-state index in [2.05, 4.69) is 21.1 Å². The van der Waals surface area contributed by atoms with Gasteiger partial charge in [-0.1, -0.05) is 39.8 Å². The van der Waals surface area contributed by atoms with Crippen LogP contribution in [0.15, 0.2) is 81.0 Å². The number of carbonyl (C=O) groups excluding carboxylic acids is 4. The molecule has 14 heteroatoms. The standard InChI is InChI=1S/C42H38N4O10/c1-17(2)27-33-31(25(15-47)37(51)41(27)55)39(53)29(19(5)35(33)45-43-21-9-7-11-23(49)13-21)30-20(6)36(46-44-22-10-8-12-24(50)14-22)34-28(18(3)4)42(56)38(52)26(16-48)32(34)40(30)54/h7-18,43-44,49-52,55-56H,1-6H3/b45-35+,46-36+. The quantitative estimate of drug-likeness (QED) is 0.0482. The fourth-order valence-corrected chi connectivity index (χ4v) is 7.32. The van der Waals surface area contributed by atoms with E-state index in [1.54, 1.807) is 52.0 Å². The lowest BCUT2D eigenvalue weighted by atomic mass is 9.70. The summed E-state index contributed by atoms with van der Waals surface area (Å²) in [6.45, 7) is 9.77. The molecule has 0 spiro atoms. The number of phenolic OH excluding ortho intramolecular Hbond substituents is 6. The SMILES string of the molecule is CC1=C(C2=C(C)/C(=N\Nc3cccc(O)c3)c3c(c(C=O)c(O)c(O)c3C(C)C)C2=O)C(=O)c2c(C=O)c(O)c(O)c(C(C)C)c2/C1=N/Nc1cccc(O)c1. The number of ketones is 2. The molecule has 2 aliphatic carbocycles. The molecule has 2 aliphatic rings. The van der Waals surface area contributed by atoms with Gasteiger partial charge in [-0.15, -0.1) is 0 Å². The number of carbonyl (C=O) groups is 4. The average molecular weight is 759 g/mol. The number of hydrogen-bond donors (Lipinski definition) is 8. The molecule has 0 aliphatic heterocycles. The van der Waals surface area contributed by atoms with Gasteiger partial charge in [0.2, 0.25) is 0 Å². The number of nitrogens with zero attached hydrogens (tertiary/aromatic N) is 2. The smallest absolute Gasteiger partial charge is 0.195 e. The largest absolute Gasteiger partial charge is 0.508 e. The molecule has 0 fully saturated rings. The van der Waals surface area contributed by atoms with Crippen molar-refractivity contribution in [3.05, 3.63) is 115 Å². The van der Waals surface area contributed by atoms with E-state index >= 15 is 9.59 Å². The zero-order valence-corrected chi connectivity index (χ0v) is 31.1. The summed E-state index contributed by atoms with van der Waals surface area (Å²) in [5, 5.41) is 74.1. The first-order valence-electron chi connectivity index (χ1n) is 17.5. The Morgan fingerprint density at radius 2 is 0.911 bits per heavy atom. The summed E-state index contributed by atoms with van der Waals surface area (Å²) in [5.41, 5.74) is 4.14. The van der Waals surface area contributed by atoms with E-state index in [1.165, 1.54) is 38.1 Å². The maximum Gasteiger partial charge on any atom is 0.195 e. The maximum atomic E-state index is 15.0. The topological polar surface area (TPSA) is 238 Å². The van der Waals surface area contributed by atoms with Crippen LogP contribution in [-0.2, 0) is 0 Å². The maximum absolute atomic E-state index is 15.0. The minimum atomic E-state index is -0.903. The van der Waals surface area contributed by atoms with Gasteiger partial charge in [0, 0.05) is 56.7 Å². The molecule has 8 N–H and O–H groups in total. The van der Waals surface area contributed by atoms with Crippen LogP contribution in [0.2, 0.25) is 0 Å². The molecule has 4 aromatic carbocycles. The number of anilines is 2. The first-order chi connectivity index (χ1) is 26.5. The third kappa shape index (κ3) is 6.10. The van der Waals surface area contributed by atoms with Gasteiger partial charge in [-0.3, -0.25) is 30.0 Å². The molecule has 0 saturated carbocycles. The minimum Gasteiger partial charge on any atom is -0.508 e. The lowest BCUT2D eigenvalue weighted by Gasteiger charge is -2.32. The molecule has 0 aromatic heterocycles. The molecule has 56 heavy (non-hydrogen) atoms. The van der Waals surface area contributed by atoms with Crippen molar-refractivity contribution in [2.75, 3.05) is 10.9 Å². The van der Waals surface area contributed by atoms with Crippen molar-refractivity contribution >= 4 is 46.9 Å². The zero-order valence-electron chi connectivity index (χ0n) is 31.1. The molecule has 0 heterocycles. The molecular weight excluding hydrogens is 720 g/mol. The van der Waals surface area contributed by atoms with Crippen LogP contribution in [0.5, 0.6) is 34.5 Å². The van der Waals surface area contributed by atoms with Gasteiger partial charge >= 0.3 is 0 Å². The fourth-order valence-electron chi connectivity index (χ4n) is 7.32. The normalized spacial score (nSPS) is 15.5. The van der Waals surface area contributed by atoms with Crippen LogP contribution in [0.3, 0.4) is 0 Å². The number of phenols is 6. The lowest BCUT2D eigenvalue weighted by molar-refractivity contribution is 0.0989. The number of aldehydes is 2. The van der Waals surface area contributed by atoms with Crippen LogP contribution in [0.25, 0.3) is 0 Å². The third-order valence-electron chi connectivity index (χ3n) is 9.82. The van der Waals surface area contributed by atoms with E-state index in [1.807, 2.05) is 0 Å². The molecule has 6 rings (SSSR count). The van der Waals surface area contributed by atoms with E-state index in [4.69, 9.17) is 0 Å². The summed E-state index contributed by atoms with van der Waals surface area (Å²) in [6.07, 6.45) is 0.417. The van der Waals surface area contributed by atoms with E-state index in [-0.39, 0.29) is 91.2 Å². The highest BCUT2D eigenvalue weighted by Gasteiger charge is 2.44. The Balaban J connectivity index is 1.75. The Morgan fingerprint density at radius 3 is 1.21 bits per heavy atom. The molecule has 4 aromatic rings. The number of fused-ring (bicyclic) bond motifs is 2. The lowest BCUT2D eigenvalue weighted by Crippen LogP contribution is -2.33. The van der Waals surface area contributed by atoms with Gasteiger partial charge < -0.3 is 30.6 Å². The Bertz CT molecular complexity index is 2370. The first-order valence-corrected chi connectivity index (χ1v) is 17.5. The number of hydrazone groups is 2. The van der Waals surface area contributed by atoms with Gasteiger partial charge in [0.25, 0.3) is 0 Å². The Morgan fingerprint density at radius 1 is 0.554 bits per heavy atom. The molecule has 0 atom stereocenters. The summed E-state index contributed by atoms with van der Waals surface area (Å²) < 4.78 is 0. The van der Waals surface area contributed by atoms with Crippen LogP contribution in [0.1, 0.15) is 117 Å². The van der Waals surface area contributed by atoms with Gasteiger partial charge in [-0.05, 0) is 61.1 Å². The Labute approximate surface area is 320 Å². The summed E-state index contributed by atoms with van der Waals surface area (Å²) in [4.78, 5) is 55.4. The van der Waals surface area contributed by atoms with E-state index in [0.29, 0.717) is 11.4 Å². The molecule has 0 unspecified atom stereocenters. The van der Waals surface area contributed by atoms with E-state index < -0.39 is 57.5 Å². The molecular formula is C42H38N4O10. The number of Topliss-reactive ketones (excluding diaryl/α,β-unsaturated/α-hetero) is 2. The second-order valence-electron chi connectivity index (χ2n) is 14.0. The van der Waals surface area contributed by atoms with Gasteiger partial charge in [0.1, 0.15) is 11.5 Å². The first kappa shape index (κ1) is 38.5. The summed E-state index contributed by atoms with van der Waals surface area (Å²) in [6, 6.07) is 11.9. The number of aromatic hydroxyl groups is 6. The van der Waals surface area contributed by atoms with Gasteiger partial charge in [-0.2, -0.15) is 10.2 Å². The molecule has 0 bridgehead atoms. The fraction of sp³-hybridized carbons (Fsp3) is 0.190. The molecule has 0 saturated heterocycles. The van der Waals surface area contributed by atoms with Crippen molar-refractivity contribution in [3.63, 3.8) is 0 Å². The minimum absolute atomic E-state index is 0.0101. The number of nitrogens with one attached hydrogen (secondary N) is 2. The molecule has 0 radical (unpaired) electrons. The van der Waals surface area contributed by atoms with Crippen LogP contribution in [0, 0.1) is 0 Å². The van der Waals surface area contributed by atoms with Crippen LogP contribution >= 0.6 is 0 Å². The van der Waals surface area contributed by atoms with E-state index in [9.17, 15) is 40.2 Å². The van der Waals surface area contributed by atoms with Crippen molar-refractivity contribution in [2.45, 2.75) is 53.4 Å². The van der Waals surface area contributed by atoms with Crippen molar-refractivity contribution in [1.82, 2.24) is 0 Å². The number of hydrogen-bond acceptors (Lipinski definition) is 14. The van der Waals surface area contributed by atoms with Crippen LogP contribution < -0.4 is 10.9 Å². The average Bonchev–Trinajstić information content (AvgIpc) is 3.14. The summed E-state index contributed by atoms with van der Waals surface area (Å²) in [7, 11) is 0. The van der Waals surface area contributed by atoms with Crippen molar-refractivity contribution < 1.29 is 49.8 Å². The highest BCUT2D eigenvalue weighted by atomic mass is 16.3. The number of benzene rings is 4. The van der Waals surface area contributed by atoms with Crippen molar-refractivity contribution in [2.24, 2.45) is 10.2 Å². The number of rotatable bonds is 9. The predicted molar refractivity (Wildman–Crippen MR) is 209 cm³/mol. The summed E-state index contributed by atoms with van der Waals surface area (Å²) in [5.74, 6) is -6.08. The van der Waals surface area contributed by atoms with Crippen LogP contribution in [0.4, 0.5) is 11.4 Å². The van der Waals surface area contributed by atoms with E-state index in [0.717, 1.165) is 0 Å². The number of allylic oxidation sites excluding steroid dienone is 4. The van der Waals surface area contributed by atoms with Crippen LogP contribution in [-0.4, -0.2) is 66.2 Å². The zero-order chi connectivity index (χ0) is 40.9. The molecule has 0 amide bonds. The molecule has 286 valence electrons. The highest BCUT2D eigenvalue weighted by molar-refractivity contribution is 6.40. The third-order valence-corrected chi connectivity index (χ3v) is 9.82. The summed E-state index contributed by atoms with van der Waals surface area (Å²) >= 11 is 0. The Kier molecular flexibility index (Phi) is 10.0. The Hall–Kier alpha value is -7.22. The highest BCUT2D eigenvalue weighted by Crippen LogP contribution is 2.50. The predicted octanol–water partition coefficient (Wildman–Crippen LogP) is 7.15. The second kappa shape index (κ2) is 14.5.